The average molecular weight is 206 g/mol. The first-order valence-corrected chi connectivity index (χ1v) is 4.64. The number of carbonyl (C=O) groups is 2. The van der Waals surface area contributed by atoms with Crippen LogP contribution in [0.25, 0.3) is 0 Å². The Morgan fingerprint density at radius 1 is 1.33 bits per heavy atom. The van der Waals surface area contributed by atoms with Crippen LogP contribution in [-0.2, 0) is 9.53 Å². The number of hydrogen-bond donors (Lipinski definition) is 1. The minimum Gasteiger partial charge on any atom is -0.462 e. The Balaban J connectivity index is 2.25. The summed E-state index contributed by atoms with van der Waals surface area (Å²) in [6.07, 6.45) is -1.02. The molecule has 1 aliphatic heterocycles. The van der Waals surface area contributed by atoms with Crippen molar-refractivity contribution in [2.75, 3.05) is 6.61 Å². The highest BCUT2D eigenvalue weighted by molar-refractivity contribution is 6.09. The van der Waals surface area contributed by atoms with E-state index in [4.69, 9.17) is 0 Å². The van der Waals surface area contributed by atoms with Crippen LogP contribution in [0.4, 0.5) is 0 Å². The Labute approximate surface area is 86.5 Å². The minimum atomic E-state index is -1.06. The van der Waals surface area contributed by atoms with E-state index in [0.717, 1.165) is 0 Å². The summed E-state index contributed by atoms with van der Waals surface area (Å²) < 4.78 is 4.61. The average Bonchev–Trinajstić information content (AvgIpc) is 2.59. The summed E-state index contributed by atoms with van der Waals surface area (Å²) in [6, 6.07) is 8.42. The van der Waals surface area contributed by atoms with Crippen LogP contribution in [0, 0.1) is 5.92 Å². The highest BCUT2D eigenvalue weighted by Crippen LogP contribution is 2.20. The summed E-state index contributed by atoms with van der Waals surface area (Å²) in [6.45, 7) is -0.0952. The first-order chi connectivity index (χ1) is 7.20. The third kappa shape index (κ3) is 1.76. The minimum absolute atomic E-state index is 0.0952. The number of ketones is 1. The molecule has 0 aromatic heterocycles. The molecule has 2 atom stereocenters. The lowest BCUT2D eigenvalue weighted by atomic mass is 9.95. The predicted molar refractivity (Wildman–Crippen MR) is 51.2 cm³/mol. The highest BCUT2D eigenvalue weighted by atomic mass is 16.6. The Morgan fingerprint density at radius 3 is 2.53 bits per heavy atom. The fourth-order valence-corrected chi connectivity index (χ4v) is 1.57. The second-order valence-electron chi connectivity index (χ2n) is 3.41. The normalized spacial score (nSPS) is 25.0. The number of ether oxygens (including phenoxy) is 1. The van der Waals surface area contributed by atoms with E-state index in [1.807, 2.05) is 0 Å². The number of hydrogen-bond acceptors (Lipinski definition) is 4. The quantitative estimate of drug-likeness (QED) is 0.432. The molecule has 0 saturated carbocycles. The van der Waals surface area contributed by atoms with Crippen molar-refractivity contribution in [2.45, 2.75) is 6.10 Å². The van der Waals surface area contributed by atoms with E-state index < -0.39 is 18.0 Å². The predicted octanol–water partition coefficient (Wildman–Crippen LogP) is 0.403. The van der Waals surface area contributed by atoms with E-state index in [2.05, 4.69) is 4.74 Å². The molecule has 0 amide bonds. The zero-order valence-electron chi connectivity index (χ0n) is 7.92. The molecule has 4 heteroatoms. The third-order valence-electron chi connectivity index (χ3n) is 2.38. The van der Waals surface area contributed by atoms with Gasteiger partial charge in [-0.1, -0.05) is 30.3 Å². The van der Waals surface area contributed by atoms with Gasteiger partial charge in [-0.2, -0.15) is 0 Å². The Hall–Kier alpha value is -1.68. The molecule has 0 radical (unpaired) electrons. The van der Waals surface area contributed by atoms with Crippen molar-refractivity contribution in [3.63, 3.8) is 0 Å². The second kappa shape index (κ2) is 3.82. The molecule has 4 nitrogen and oxygen atoms in total. The molecule has 1 aromatic carbocycles. The van der Waals surface area contributed by atoms with Gasteiger partial charge in [0.1, 0.15) is 18.6 Å². The van der Waals surface area contributed by atoms with Gasteiger partial charge in [-0.05, 0) is 0 Å². The maximum absolute atomic E-state index is 11.8. The Bertz CT molecular complexity index is 385. The van der Waals surface area contributed by atoms with E-state index in [-0.39, 0.29) is 12.4 Å². The summed E-state index contributed by atoms with van der Waals surface area (Å²) in [5, 5.41) is 9.42. The summed E-state index contributed by atoms with van der Waals surface area (Å²) in [4.78, 5) is 23.0. The molecular weight excluding hydrogens is 196 g/mol. The van der Waals surface area contributed by atoms with Crippen LogP contribution in [0.3, 0.4) is 0 Å². The standard InChI is InChI=1S/C11H10O4/c12-8-6-15-11(14)9(8)10(13)7-4-2-1-3-5-7/h1-5,8-9,12H,6H2/t8-,9+/m1/s1. The molecule has 0 spiro atoms. The van der Waals surface area contributed by atoms with Crippen LogP contribution in [0.15, 0.2) is 30.3 Å². The molecule has 78 valence electrons. The topological polar surface area (TPSA) is 63.6 Å². The summed E-state index contributed by atoms with van der Waals surface area (Å²) in [7, 11) is 0. The first kappa shape index (κ1) is 9.86. The SMILES string of the molecule is O=C1OC[C@@H](O)[C@H]1C(=O)c1ccccc1. The van der Waals surface area contributed by atoms with Crippen LogP contribution in [-0.4, -0.2) is 29.6 Å². The number of Topliss-reactive ketones (excluding diaryl/α,β-unsaturated/α-hetero) is 1. The van der Waals surface area contributed by atoms with Gasteiger partial charge in [-0.25, -0.2) is 0 Å². The lowest BCUT2D eigenvalue weighted by Crippen LogP contribution is -2.29. The fraction of sp³-hybridized carbons (Fsp3) is 0.273. The molecule has 1 heterocycles. The number of benzene rings is 1. The largest absolute Gasteiger partial charge is 0.462 e. The molecule has 1 fully saturated rings. The van der Waals surface area contributed by atoms with Gasteiger partial charge in [-0.15, -0.1) is 0 Å². The molecular formula is C11H10O4. The number of cyclic esters (lactones) is 1. The molecule has 0 aliphatic carbocycles. The molecule has 1 saturated heterocycles. The molecule has 0 bridgehead atoms. The Morgan fingerprint density at radius 2 is 2.00 bits per heavy atom. The van der Waals surface area contributed by atoms with Gasteiger partial charge in [0.05, 0.1) is 0 Å². The summed E-state index contributed by atoms with van der Waals surface area (Å²) in [5.74, 6) is -2.09. The highest BCUT2D eigenvalue weighted by Gasteiger charge is 2.41. The number of carbonyl (C=O) groups excluding carboxylic acids is 2. The van der Waals surface area contributed by atoms with Gasteiger partial charge >= 0.3 is 5.97 Å². The van der Waals surface area contributed by atoms with Crippen molar-refractivity contribution in [1.82, 2.24) is 0 Å². The smallest absolute Gasteiger partial charge is 0.319 e. The van der Waals surface area contributed by atoms with Crippen LogP contribution in [0.5, 0.6) is 0 Å². The molecule has 1 aromatic rings. The van der Waals surface area contributed by atoms with E-state index in [1.54, 1.807) is 30.3 Å². The lowest BCUT2D eigenvalue weighted by molar-refractivity contribution is -0.140. The molecule has 1 N–H and O–H groups in total. The van der Waals surface area contributed by atoms with Gasteiger partial charge in [0.25, 0.3) is 0 Å². The van der Waals surface area contributed by atoms with Crippen molar-refractivity contribution in [2.24, 2.45) is 5.92 Å². The van der Waals surface area contributed by atoms with Crippen molar-refractivity contribution in [3.8, 4) is 0 Å². The maximum Gasteiger partial charge on any atom is 0.319 e. The van der Waals surface area contributed by atoms with Gasteiger partial charge in [0, 0.05) is 5.56 Å². The van der Waals surface area contributed by atoms with Crippen LogP contribution in [0.2, 0.25) is 0 Å². The first-order valence-electron chi connectivity index (χ1n) is 4.64. The molecule has 2 rings (SSSR count). The van der Waals surface area contributed by atoms with Crippen molar-refractivity contribution < 1.29 is 19.4 Å². The van der Waals surface area contributed by atoms with Crippen molar-refractivity contribution in [3.05, 3.63) is 35.9 Å². The molecule has 0 unspecified atom stereocenters. The van der Waals surface area contributed by atoms with E-state index >= 15 is 0 Å². The van der Waals surface area contributed by atoms with Gasteiger partial charge in [0.2, 0.25) is 0 Å². The van der Waals surface area contributed by atoms with Gasteiger partial charge in [0.15, 0.2) is 5.78 Å². The molecule has 1 aliphatic rings. The number of rotatable bonds is 2. The monoisotopic (exact) mass is 206 g/mol. The Kier molecular flexibility index (Phi) is 2.51. The fourth-order valence-electron chi connectivity index (χ4n) is 1.57. The third-order valence-corrected chi connectivity index (χ3v) is 2.38. The van der Waals surface area contributed by atoms with Gasteiger partial charge in [-0.3, -0.25) is 9.59 Å². The zero-order chi connectivity index (χ0) is 10.8. The van der Waals surface area contributed by atoms with Gasteiger partial charge < -0.3 is 9.84 Å². The van der Waals surface area contributed by atoms with E-state index in [0.29, 0.717) is 5.56 Å². The number of aliphatic hydroxyl groups excluding tert-OH is 1. The molecule has 15 heavy (non-hydrogen) atoms. The number of aliphatic hydroxyl groups is 1. The summed E-state index contributed by atoms with van der Waals surface area (Å²) >= 11 is 0. The maximum atomic E-state index is 11.8. The van der Waals surface area contributed by atoms with Crippen molar-refractivity contribution in [1.29, 1.82) is 0 Å². The van der Waals surface area contributed by atoms with E-state index in [1.165, 1.54) is 0 Å². The van der Waals surface area contributed by atoms with Crippen LogP contribution in [0.1, 0.15) is 10.4 Å². The summed E-state index contributed by atoms with van der Waals surface area (Å²) in [5.41, 5.74) is 0.417. The van der Waals surface area contributed by atoms with Crippen LogP contribution >= 0.6 is 0 Å². The lowest BCUT2D eigenvalue weighted by Gasteiger charge is -2.07. The van der Waals surface area contributed by atoms with Crippen molar-refractivity contribution >= 4 is 11.8 Å². The number of esters is 1. The zero-order valence-corrected chi connectivity index (χ0v) is 7.92. The second-order valence-corrected chi connectivity index (χ2v) is 3.41. The van der Waals surface area contributed by atoms with Crippen LogP contribution < -0.4 is 0 Å². The van der Waals surface area contributed by atoms with E-state index in [9.17, 15) is 14.7 Å².